The van der Waals surface area contributed by atoms with Gasteiger partial charge in [0.1, 0.15) is 0 Å². The second kappa shape index (κ2) is 4.78. The van der Waals surface area contributed by atoms with Gasteiger partial charge in [-0.05, 0) is 12.1 Å². The minimum atomic E-state index is 0.759. The number of benzene rings is 1. The smallest absolute Gasteiger partial charge is 0.198 e. The maximum absolute atomic E-state index is 6.12. The number of thiazole rings is 1. The van der Waals surface area contributed by atoms with Crippen molar-refractivity contribution < 1.29 is 4.74 Å². The molecule has 1 aliphatic heterocycles. The quantitative estimate of drug-likeness (QED) is 0.909. The molecule has 1 N–H and O–H groups in total. The minimum absolute atomic E-state index is 0.759. The number of anilines is 1. The summed E-state index contributed by atoms with van der Waals surface area (Å²) in [5.41, 5.74) is 4.24. The number of rotatable bonds is 2. The van der Waals surface area contributed by atoms with Gasteiger partial charge in [0.15, 0.2) is 5.13 Å². The zero-order valence-corrected chi connectivity index (χ0v) is 10.7. The van der Waals surface area contributed by atoms with Crippen molar-refractivity contribution in [1.29, 1.82) is 0 Å². The highest BCUT2D eigenvalue weighted by Gasteiger charge is 2.13. The predicted molar refractivity (Wildman–Crippen MR) is 70.6 cm³/mol. The average Bonchev–Trinajstić information content (AvgIpc) is 2.74. The summed E-state index contributed by atoms with van der Waals surface area (Å²) in [6.07, 6.45) is 0. The third kappa shape index (κ3) is 2.37. The first-order valence-electron chi connectivity index (χ1n) is 5.47. The Bertz CT molecular complexity index is 524. The van der Waals surface area contributed by atoms with Gasteiger partial charge < -0.3 is 4.74 Å². The number of nitrogens with zero attached hydrogens (tertiary/aromatic N) is 2. The molecule has 2 heterocycles. The minimum Gasteiger partial charge on any atom is -0.379 e. The molecule has 1 aromatic carbocycles. The molecule has 0 aliphatic carbocycles. The first kappa shape index (κ1) is 11.2. The third-order valence-corrected chi connectivity index (χ3v) is 4.07. The molecule has 4 nitrogen and oxygen atoms in total. The molecule has 17 heavy (non-hydrogen) atoms. The molecule has 0 spiro atoms. The monoisotopic (exact) mass is 269 g/mol. The summed E-state index contributed by atoms with van der Waals surface area (Å²) >= 11 is 7.70. The predicted octanol–water partition coefficient (Wildman–Crippen LogP) is 2.61. The molecule has 6 heteroatoms. The first-order valence-corrected chi connectivity index (χ1v) is 6.67. The molecule has 3 rings (SSSR count). The van der Waals surface area contributed by atoms with Crippen molar-refractivity contribution in [3.8, 4) is 0 Å². The number of nitrogens with one attached hydrogen (secondary N) is 1. The molecule has 1 aromatic heterocycles. The van der Waals surface area contributed by atoms with Gasteiger partial charge in [0.05, 0.1) is 28.5 Å². The van der Waals surface area contributed by atoms with Gasteiger partial charge in [-0.1, -0.05) is 29.0 Å². The van der Waals surface area contributed by atoms with Crippen LogP contribution in [0.1, 0.15) is 0 Å². The molecule has 90 valence electrons. The highest BCUT2D eigenvalue weighted by atomic mass is 35.5. The lowest BCUT2D eigenvalue weighted by atomic mass is 10.3. The number of morpholine rings is 1. The van der Waals surface area contributed by atoms with Gasteiger partial charge in [0, 0.05) is 13.1 Å². The summed E-state index contributed by atoms with van der Waals surface area (Å²) in [4.78, 5) is 4.51. The van der Waals surface area contributed by atoms with Gasteiger partial charge in [0.25, 0.3) is 0 Å². The molecule has 0 atom stereocenters. The molecular formula is C11H12ClN3OS. The van der Waals surface area contributed by atoms with Gasteiger partial charge in [-0.25, -0.2) is 9.99 Å². The maximum atomic E-state index is 6.12. The molecule has 0 radical (unpaired) electrons. The Kier molecular flexibility index (Phi) is 3.15. The molecule has 2 aromatic rings. The van der Waals surface area contributed by atoms with E-state index >= 15 is 0 Å². The van der Waals surface area contributed by atoms with Crippen molar-refractivity contribution in [1.82, 2.24) is 9.99 Å². The van der Waals surface area contributed by atoms with E-state index in [1.165, 1.54) is 0 Å². The average molecular weight is 270 g/mol. The van der Waals surface area contributed by atoms with E-state index in [1.807, 2.05) is 18.2 Å². The number of fused-ring (bicyclic) bond motifs is 1. The van der Waals surface area contributed by atoms with E-state index in [0.717, 1.165) is 46.7 Å². The van der Waals surface area contributed by atoms with Gasteiger partial charge in [-0.3, -0.25) is 5.43 Å². The highest BCUT2D eigenvalue weighted by Crippen LogP contribution is 2.31. The number of halogens is 1. The third-order valence-electron chi connectivity index (χ3n) is 2.63. The first-order chi connectivity index (χ1) is 8.33. The van der Waals surface area contributed by atoms with Crippen molar-refractivity contribution in [3.63, 3.8) is 0 Å². The largest absolute Gasteiger partial charge is 0.379 e. The van der Waals surface area contributed by atoms with Crippen LogP contribution in [0.3, 0.4) is 0 Å². The summed E-state index contributed by atoms with van der Waals surface area (Å²) in [6.45, 7) is 3.28. The van der Waals surface area contributed by atoms with E-state index in [1.54, 1.807) is 11.3 Å². The Morgan fingerprint density at radius 2 is 2.18 bits per heavy atom. The molecule has 0 saturated carbocycles. The summed E-state index contributed by atoms with van der Waals surface area (Å²) in [5.74, 6) is 0. The number of ether oxygens (including phenoxy) is 1. The zero-order chi connectivity index (χ0) is 11.7. The van der Waals surface area contributed by atoms with Crippen LogP contribution in [0, 0.1) is 0 Å². The molecular weight excluding hydrogens is 258 g/mol. The normalized spacial score (nSPS) is 17.5. The molecule has 0 amide bonds. The van der Waals surface area contributed by atoms with E-state index in [2.05, 4.69) is 15.4 Å². The Morgan fingerprint density at radius 1 is 1.35 bits per heavy atom. The Morgan fingerprint density at radius 3 is 2.94 bits per heavy atom. The van der Waals surface area contributed by atoms with Crippen LogP contribution in [0.4, 0.5) is 5.13 Å². The number of aromatic nitrogens is 1. The Labute approximate surface area is 108 Å². The highest BCUT2D eigenvalue weighted by molar-refractivity contribution is 7.22. The van der Waals surface area contributed by atoms with Crippen molar-refractivity contribution in [2.24, 2.45) is 0 Å². The number of hydrazine groups is 1. The lowest BCUT2D eigenvalue weighted by molar-refractivity contribution is 0.0497. The molecule has 0 unspecified atom stereocenters. The topological polar surface area (TPSA) is 37.4 Å². The SMILES string of the molecule is Clc1cccc2nc(NN3CCOCC3)sc12. The fourth-order valence-corrected chi connectivity index (χ4v) is 2.95. The van der Waals surface area contributed by atoms with Crippen LogP contribution in [-0.4, -0.2) is 36.3 Å². The summed E-state index contributed by atoms with van der Waals surface area (Å²) in [7, 11) is 0. The molecule has 1 fully saturated rings. The van der Waals surface area contributed by atoms with E-state index in [9.17, 15) is 0 Å². The van der Waals surface area contributed by atoms with Gasteiger partial charge in [-0.15, -0.1) is 0 Å². The van der Waals surface area contributed by atoms with Crippen molar-refractivity contribution >= 4 is 38.3 Å². The fourth-order valence-electron chi connectivity index (χ4n) is 1.77. The van der Waals surface area contributed by atoms with Crippen molar-refractivity contribution in [2.75, 3.05) is 31.7 Å². The molecule has 0 bridgehead atoms. The van der Waals surface area contributed by atoms with Crippen LogP contribution < -0.4 is 5.43 Å². The summed E-state index contributed by atoms with van der Waals surface area (Å²) in [6, 6.07) is 5.78. The summed E-state index contributed by atoms with van der Waals surface area (Å²) in [5, 5.41) is 3.76. The molecule has 1 saturated heterocycles. The van der Waals surface area contributed by atoms with Crippen LogP contribution >= 0.6 is 22.9 Å². The van der Waals surface area contributed by atoms with Crippen LogP contribution in [0.2, 0.25) is 5.02 Å². The van der Waals surface area contributed by atoms with E-state index < -0.39 is 0 Å². The van der Waals surface area contributed by atoms with Crippen LogP contribution in [0.5, 0.6) is 0 Å². The second-order valence-electron chi connectivity index (χ2n) is 3.82. The van der Waals surface area contributed by atoms with Crippen LogP contribution in [-0.2, 0) is 4.74 Å². The van der Waals surface area contributed by atoms with Crippen molar-refractivity contribution in [2.45, 2.75) is 0 Å². The van der Waals surface area contributed by atoms with Gasteiger partial charge in [0.2, 0.25) is 0 Å². The standard InChI is InChI=1S/C11H12ClN3OS/c12-8-2-1-3-9-10(8)17-11(13-9)14-15-4-6-16-7-5-15/h1-3H,4-7H2,(H,13,14). The number of hydrogen-bond donors (Lipinski definition) is 1. The van der Waals surface area contributed by atoms with E-state index in [4.69, 9.17) is 16.3 Å². The van der Waals surface area contributed by atoms with Crippen LogP contribution in [0.25, 0.3) is 10.2 Å². The Hall–Kier alpha value is -0.880. The van der Waals surface area contributed by atoms with Crippen LogP contribution in [0.15, 0.2) is 18.2 Å². The maximum Gasteiger partial charge on any atom is 0.198 e. The number of hydrogen-bond acceptors (Lipinski definition) is 5. The van der Waals surface area contributed by atoms with E-state index in [0.29, 0.717) is 0 Å². The molecule has 1 aliphatic rings. The zero-order valence-electron chi connectivity index (χ0n) is 9.15. The van der Waals surface area contributed by atoms with Gasteiger partial charge >= 0.3 is 0 Å². The lowest BCUT2D eigenvalue weighted by Gasteiger charge is -2.26. The van der Waals surface area contributed by atoms with Crippen molar-refractivity contribution in [3.05, 3.63) is 23.2 Å². The fraction of sp³-hybridized carbons (Fsp3) is 0.364. The second-order valence-corrected chi connectivity index (χ2v) is 5.22. The van der Waals surface area contributed by atoms with E-state index in [-0.39, 0.29) is 0 Å². The lowest BCUT2D eigenvalue weighted by Crippen LogP contribution is -2.40. The van der Waals surface area contributed by atoms with Gasteiger partial charge in [-0.2, -0.15) is 0 Å². The summed E-state index contributed by atoms with van der Waals surface area (Å²) < 4.78 is 6.33. The Balaban J connectivity index is 1.83.